The SMILES string of the molecule is CCNC(=NCC1CC1)NCCN1C(=O)CCCC1=O. The molecule has 0 aromatic heterocycles. The Bertz CT molecular complexity index is 375. The Balaban J connectivity index is 1.75. The van der Waals surface area contributed by atoms with Crippen LogP contribution in [0.15, 0.2) is 4.99 Å². The summed E-state index contributed by atoms with van der Waals surface area (Å²) >= 11 is 0. The number of imide groups is 1. The van der Waals surface area contributed by atoms with E-state index in [1.165, 1.54) is 17.7 Å². The van der Waals surface area contributed by atoms with Gasteiger partial charge >= 0.3 is 0 Å². The number of hydrogen-bond acceptors (Lipinski definition) is 3. The number of carbonyl (C=O) groups excluding carboxylic acids is 2. The number of likely N-dealkylation sites (tertiary alicyclic amines) is 1. The number of carbonyl (C=O) groups is 2. The van der Waals surface area contributed by atoms with Gasteiger partial charge in [-0.1, -0.05) is 0 Å². The molecule has 6 heteroatoms. The van der Waals surface area contributed by atoms with E-state index in [0.29, 0.717) is 32.4 Å². The van der Waals surface area contributed by atoms with Gasteiger partial charge in [-0.25, -0.2) is 0 Å². The number of amides is 2. The molecular weight excluding hydrogens is 256 g/mol. The molecule has 2 rings (SSSR count). The van der Waals surface area contributed by atoms with E-state index in [-0.39, 0.29) is 11.8 Å². The summed E-state index contributed by atoms with van der Waals surface area (Å²) < 4.78 is 0. The van der Waals surface area contributed by atoms with Crippen molar-refractivity contribution in [2.75, 3.05) is 26.2 Å². The molecule has 1 aliphatic heterocycles. The van der Waals surface area contributed by atoms with Crippen LogP contribution in [0.3, 0.4) is 0 Å². The predicted molar refractivity (Wildman–Crippen MR) is 77.3 cm³/mol. The number of nitrogens with one attached hydrogen (secondary N) is 2. The Morgan fingerprint density at radius 1 is 1.25 bits per heavy atom. The van der Waals surface area contributed by atoms with Gasteiger partial charge in [-0.15, -0.1) is 0 Å². The number of aliphatic imine (C=N–C) groups is 1. The van der Waals surface area contributed by atoms with E-state index in [9.17, 15) is 9.59 Å². The molecule has 0 aromatic rings. The molecule has 1 saturated carbocycles. The molecule has 0 atom stereocenters. The van der Waals surface area contributed by atoms with E-state index in [1.54, 1.807) is 0 Å². The standard InChI is InChI=1S/C14H24N4O2/c1-2-15-14(17-10-11-6-7-11)16-8-9-18-12(19)4-3-5-13(18)20/h11H,2-10H2,1H3,(H2,15,16,17). The molecule has 0 spiro atoms. The molecule has 2 aliphatic rings. The van der Waals surface area contributed by atoms with Crippen LogP contribution in [0.2, 0.25) is 0 Å². The van der Waals surface area contributed by atoms with Gasteiger partial charge in [-0.3, -0.25) is 19.5 Å². The Hall–Kier alpha value is -1.59. The zero-order valence-corrected chi connectivity index (χ0v) is 12.2. The van der Waals surface area contributed by atoms with Crippen LogP contribution in [0.25, 0.3) is 0 Å². The lowest BCUT2D eigenvalue weighted by Gasteiger charge is -2.25. The maximum Gasteiger partial charge on any atom is 0.229 e. The molecule has 6 nitrogen and oxygen atoms in total. The van der Waals surface area contributed by atoms with E-state index in [0.717, 1.165) is 25.0 Å². The third-order valence-corrected chi connectivity index (χ3v) is 3.56. The van der Waals surface area contributed by atoms with Crippen molar-refractivity contribution in [1.29, 1.82) is 0 Å². The van der Waals surface area contributed by atoms with Gasteiger partial charge in [-0.05, 0) is 32.1 Å². The minimum atomic E-state index is -0.0528. The lowest BCUT2D eigenvalue weighted by molar-refractivity contribution is -0.147. The summed E-state index contributed by atoms with van der Waals surface area (Å²) in [6, 6.07) is 0. The number of rotatable bonds is 6. The highest BCUT2D eigenvalue weighted by Gasteiger charge is 2.25. The molecule has 2 amide bonds. The summed E-state index contributed by atoms with van der Waals surface area (Å²) in [5.41, 5.74) is 0. The van der Waals surface area contributed by atoms with Crippen molar-refractivity contribution in [3.8, 4) is 0 Å². The molecule has 0 unspecified atom stereocenters. The van der Waals surface area contributed by atoms with Gasteiger partial charge in [0.05, 0.1) is 0 Å². The van der Waals surface area contributed by atoms with Gasteiger partial charge in [-0.2, -0.15) is 0 Å². The van der Waals surface area contributed by atoms with Crippen LogP contribution in [-0.2, 0) is 9.59 Å². The Morgan fingerprint density at radius 3 is 2.55 bits per heavy atom. The zero-order valence-electron chi connectivity index (χ0n) is 12.2. The van der Waals surface area contributed by atoms with Crippen LogP contribution >= 0.6 is 0 Å². The second-order valence-corrected chi connectivity index (χ2v) is 5.38. The molecule has 1 heterocycles. The van der Waals surface area contributed by atoms with E-state index >= 15 is 0 Å². The van der Waals surface area contributed by atoms with Crippen molar-refractivity contribution in [2.24, 2.45) is 10.9 Å². The first-order chi connectivity index (χ1) is 9.70. The molecule has 112 valence electrons. The van der Waals surface area contributed by atoms with E-state index in [1.807, 2.05) is 6.92 Å². The molecule has 20 heavy (non-hydrogen) atoms. The number of piperidine rings is 1. The third kappa shape index (κ3) is 4.51. The number of guanidine groups is 1. The van der Waals surface area contributed by atoms with Crippen molar-refractivity contribution in [3.63, 3.8) is 0 Å². The van der Waals surface area contributed by atoms with Crippen molar-refractivity contribution >= 4 is 17.8 Å². The van der Waals surface area contributed by atoms with Gasteiger partial charge in [0.2, 0.25) is 11.8 Å². The molecule has 1 saturated heterocycles. The van der Waals surface area contributed by atoms with E-state index < -0.39 is 0 Å². The van der Waals surface area contributed by atoms with Crippen molar-refractivity contribution < 1.29 is 9.59 Å². The Labute approximate surface area is 120 Å². The lowest BCUT2D eigenvalue weighted by Crippen LogP contribution is -2.46. The van der Waals surface area contributed by atoms with Crippen LogP contribution in [0.4, 0.5) is 0 Å². The van der Waals surface area contributed by atoms with Crippen LogP contribution in [0.5, 0.6) is 0 Å². The quantitative estimate of drug-likeness (QED) is 0.422. The fourth-order valence-corrected chi connectivity index (χ4v) is 2.20. The van der Waals surface area contributed by atoms with Crippen LogP contribution in [0, 0.1) is 5.92 Å². The van der Waals surface area contributed by atoms with Gasteiger partial charge in [0.15, 0.2) is 5.96 Å². The van der Waals surface area contributed by atoms with Crippen LogP contribution in [0.1, 0.15) is 39.0 Å². The second kappa shape index (κ2) is 7.26. The normalized spacial score (nSPS) is 20.2. The maximum atomic E-state index is 11.7. The highest BCUT2D eigenvalue weighted by atomic mass is 16.2. The molecule has 0 radical (unpaired) electrons. The Morgan fingerprint density at radius 2 is 1.95 bits per heavy atom. The molecule has 0 aromatic carbocycles. The highest BCUT2D eigenvalue weighted by molar-refractivity contribution is 5.97. The molecule has 1 aliphatic carbocycles. The summed E-state index contributed by atoms with van der Waals surface area (Å²) in [6.07, 6.45) is 4.22. The number of hydrogen-bond donors (Lipinski definition) is 2. The molecular formula is C14H24N4O2. The summed E-state index contributed by atoms with van der Waals surface area (Å²) in [5, 5.41) is 6.36. The summed E-state index contributed by atoms with van der Waals surface area (Å²) in [7, 11) is 0. The van der Waals surface area contributed by atoms with Crippen molar-refractivity contribution in [2.45, 2.75) is 39.0 Å². The minimum Gasteiger partial charge on any atom is -0.357 e. The van der Waals surface area contributed by atoms with E-state index in [2.05, 4.69) is 15.6 Å². The first kappa shape index (κ1) is 14.8. The van der Waals surface area contributed by atoms with Gasteiger partial charge in [0, 0.05) is 39.0 Å². The van der Waals surface area contributed by atoms with Crippen molar-refractivity contribution in [1.82, 2.24) is 15.5 Å². The first-order valence-electron chi connectivity index (χ1n) is 7.56. The van der Waals surface area contributed by atoms with Crippen LogP contribution in [-0.4, -0.2) is 48.9 Å². The topological polar surface area (TPSA) is 73.8 Å². The maximum absolute atomic E-state index is 11.7. The van der Waals surface area contributed by atoms with Gasteiger partial charge in [0.25, 0.3) is 0 Å². The van der Waals surface area contributed by atoms with Gasteiger partial charge in [0.1, 0.15) is 0 Å². The fraction of sp³-hybridized carbons (Fsp3) is 0.786. The minimum absolute atomic E-state index is 0.0528. The zero-order chi connectivity index (χ0) is 14.4. The van der Waals surface area contributed by atoms with E-state index in [4.69, 9.17) is 0 Å². The summed E-state index contributed by atoms with van der Waals surface area (Å²) in [6.45, 7) is 4.65. The average Bonchev–Trinajstić information content (AvgIpc) is 3.23. The summed E-state index contributed by atoms with van der Waals surface area (Å²) in [4.78, 5) is 29.2. The molecule has 0 bridgehead atoms. The van der Waals surface area contributed by atoms with Gasteiger partial charge < -0.3 is 10.6 Å². The first-order valence-corrected chi connectivity index (χ1v) is 7.56. The monoisotopic (exact) mass is 280 g/mol. The third-order valence-electron chi connectivity index (χ3n) is 3.56. The predicted octanol–water partition coefficient (Wildman–Crippen LogP) is 0.491. The highest BCUT2D eigenvalue weighted by Crippen LogP contribution is 2.28. The number of nitrogens with zero attached hydrogens (tertiary/aromatic N) is 2. The molecule has 2 fully saturated rings. The summed E-state index contributed by atoms with van der Waals surface area (Å²) in [5.74, 6) is 1.41. The fourth-order valence-electron chi connectivity index (χ4n) is 2.20. The van der Waals surface area contributed by atoms with Crippen molar-refractivity contribution in [3.05, 3.63) is 0 Å². The lowest BCUT2D eigenvalue weighted by atomic mass is 10.1. The largest absolute Gasteiger partial charge is 0.357 e. The average molecular weight is 280 g/mol. The second-order valence-electron chi connectivity index (χ2n) is 5.38. The smallest absolute Gasteiger partial charge is 0.229 e. The molecule has 2 N–H and O–H groups in total. The van der Waals surface area contributed by atoms with Crippen LogP contribution < -0.4 is 10.6 Å². The Kier molecular flexibility index (Phi) is 5.38.